The number of hydrogen-bond acceptors (Lipinski definition) is 5. The van der Waals surface area contributed by atoms with Crippen molar-refractivity contribution in [2.45, 2.75) is 19.9 Å². The summed E-state index contributed by atoms with van der Waals surface area (Å²) in [5.74, 6) is -1.86. The summed E-state index contributed by atoms with van der Waals surface area (Å²) >= 11 is 1.53. The largest absolute Gasteiger partial charge is 0.480 e. The molecule has 0 spiro atoms. The molecule has 1 aromatic rings. The Morgan fingerprint density at radius 2 is 2.10 bits per heavy atom. The summed E-state index contributed by atoms with van der Waals surface area (Å²) in [6.45, 7) is 1.31. The summed E-state index contributed by atoms with van der Waals surface area (Å²) in [6, 6.07) is 1.36. The molecule has 110 valence electrons. The second-order valence-electron chi connectivity index (χ2n) is 3.84. The molecule has 20 heavy (non-hydrogen) atoms. The Balaban J connectivity index is 2.26. The summed E-state index contributed by atoms with van der Waals surface area (Å²) in [4.78, 5) is 33.9. The molecule has 0 aliphatic rings. The van der Waals surface area contributed by atoms with E-state index >= 15 is 0 Å². The van der Waals surface area contributed by atoms with E-state index in [0.29, 0.717) is 6.54 Å². The van der Waals surface area contributed by atoms with Crippen LogP contribution >= 0.6 is 11.3 Å². The number of carbonyl (C=O) groups excluding carboxylic acids is 2. The summed E-state index contributed by atoms with van der Waals surface area (Å²) in [5, 5.41) is 14.9. The van der Waals surface area contributed by atoms with Crippen molar-refractivity contribution < 1.29 is 24.2 Å². The van der Waals surface area contributed by atoms with Crippen molar-refractivity contribution in [1.29, 1.82) is 0 Å². The topological polar surface area (TPSA) is 105 Å². The van der Waals surface area contributed by atoms with Gasteiger partial charge < -0.3 is 15.2 Å². The molecule has 0 fully saturated rings. The van der Waals surface area contributed by atoms with Crippen LogP contribution in [0.25, 0.3) is 0 Å². The minimum absolute atomic E-state index is 0.343. The van der Waals surface area contributed by atoms with Crippen LogP contribution in [0.5, 0.6) is 0 Å². The van der Waals surface area contributed by atoms with Gasteiger partial charge in [0.15, 0.2) is 0 Å². The number of carbonyl (C=O) groups is 3. The molecule has 3 N–H and O–H groups in total. The molecule has 0 radical (unpaired) electrons. The third-order valence-corrected chi connectivity index (χ3v) is 3.30. The van der Waals surface area contributed by atoms with Crippen molar-refractivity contribution in [2.24, 2.45) is 0 Å². The molecule has 0 aromatic carbocycles. The molecule has 7 nitrogen and oxygen atoms in total. The molecule has 0 saturated carbocycles. The first-order valence-corrected chi connectivity index (χ1v) is 6.83. The average molecular weight is 300 g/mol. The van der Waals surface area contributed by atoms with Gasteiger partial charge in [-0.25, -0.2) is 9.59 Å². The van der Waals surface area contributed by atoms with Gasteiger partial charge in [-0.05, 0) is 23.4 Å². The van der Waals surface area contributed by atoms with Crippen LogP contribution in [0.4, 0.5) is 4.79 Å². The second kappa shape index (κ2) is 8.28. The van der Waals surface area contributed by atoms with Gasteiger partial charge in [-0.3, -0.25) is 10.1 Å². The minimum Gasteiger partial charge on any atom is -0.480 e. The molecule has 0 bridgehead atoms. The fourth-order valence-electron chi connectivity index (χ4n) is 1.44. The van der Waals surface area contributed by atoms with Crippen LogP contribution in [0.2, 0.25) is 0 Å². The van der Waals surface area contributed by atoms with Crippen LogP contribution < -0.4 is 10.6 Å². The van der Waals surface area contributed by atoms with E-state index in [-0.39, 0.29) is 0 Å². The van der Waals surface area contributed by atoms with Gasteiger partial charge in [-0.2, -0.15) is 0 Å². The lowest BCUT2D eigenvalue weighted by Gasteiger charge is -2.07. The van der Waals surface area contributed by atoms with Gasteiger partial charge in [-0.1, -0.05) is 6.92 Å². The van der Waals surface area contributed by atoms with Gasteiger partial charge in [0, 0.05) is 4.88 Å². The molecule has 1 heterocycles. The van der Waals surface area contributed by atoms with Crippen LogP contribution in [0.15, 0.2) is 11.4 Å². The van der Waals surface area contributed by atoms with E-state index in [9.17, 15) is 14.4 Å². The SMILES string of the molecule is CCc1ccsc1CNC(=O)NC(=O)COCC(=O)O. The maximum atomic E-state index is 11.4. The molecule has 0 aliphatic heterocycles. The van der Waals surface area contributed by atoms with Crippen molar-refractivity contribution in [2.75, 3.05) is 13.2 Å². The molecular weight excluding hydrogens is 284 g/mol. The van der Waals surface area contributed by atoms with Gasteiger partial charge >= 0.3 is 12.0 Å². The number of carboxylic acid groups (broad SMARTS) is 1. The molecule has 0 saturated heterocycles. The maximum absolute atomic E-state index is 11.4. The summed E-state index contributed by atoms with van der Waals surface area (Å²) < 4.78 is 4.56. The first-order chi connectivity index (χ1) is 9.52. The highest BCUT2D eigenvalue weighted by atomic mass is 32.1. The maximum Gasteiger partial charge on any atom is 0.329 e. The molecule has 8 heteroatoms. The number of hydrogen-bond donors (Lipinski definition) is 3. The first kappa shape index (κ1) is 16.1. The van der Waals surface area contributed by atoms with Crippen molar-refractivity contribution >= 4 is 29.2 Å². The van der Waals surface area contributed by atoms with Gasteiger partial charge in [-0.15, -0.1) is 11.3 Å². The van der Waals surface area contributed by atoms with Gasteiger partial charge in [0.2, 0.25) is 0 Å². The van der Waals surface area contributed by atoms with E-state index in [4.69, 9.17) is 5.11 Å². The molecule has 0 atom stereocenters. The lowest BCUT2D eigenvalue weighted by molar-refractivity contribution is -0.143. The highest BCUT2D eigenvalue weighted by Gasteiger charge is 2.09. The van der Waals surface area contributed by atoms with E-state index in [1.54, 1.807) is 0 Å². The monoisotopic (exact) mass is 300 g/mol. The Kier molecular flexibility index (Phi) is 6.68. The molecule has 0 aliphatic carbocycles. The van der Waals surface area contributed by atoms with Crippen molar-refractivity contribution in [3.8, 4) is 0 Å². The predicted molar refractivity (Wildman–Crippen MR) is 72.5 cm³/mol. The minimum atomic E-state index is -1.17. The highest BCUT2D eigenvalue weighted by molar-refractivity contribution is 7.10. The number of aliphatic carboxylic acids is 1. The fraction of sp³-hybridized carbons (Fsp3) is 0.417. The third-order valence-electron chi connectivity index (χ3n) is 2.34. The quantitative estimate of drug-likeness (QED) is 0.689. The number of aryl methyl sites for hydroxylation is 1. The summed E-state index contributed by atoms with van der Waals surface area (Å²) in [7, 11) is 0. The van der Waals surface area contributed by atoms with E-state index < -0.39 is 31.1 Å². The fourth-order valence-corrected chi connectivity index (χ4v) is 2.35. The number of thiophene rings is 1. The Hall–Kier alpha value is -1.93. The van der Waals surface area contributed by atoms with E-state index in [0.717, 1.165) is 16.9 Å². The molecule has 1 rings (SSSR count). The van der Waals surface area contributed by atoms with Crippen molar-refractivity contribution in [3.05, 3.63) is 21.9 Å². The predicted octanol–water partition coefficient (Wildman–Crippen LogP) is 0.738. The number of ether oxygens (including phenoxy) is 1. The van der Waals surface area contributed by atoms with Crippen LogP contribution in [0.3, 0.4) is 0 Å². The van der Waals surface area contributed by atoms with Crippen LogP contribution in [0, 0.1) is 0 Å². The van der Waals surface area contributed by atoms with Gasteiger partial charge in [0.25, 0.3) is 5.91 Å². The standard InChI is InChI=1S/C12H16N2O5S/c1-2-8-3-4-20-9(8)5-13-12(18)14-10(15)6-19-7-11(16)17/h3-4H,2,5-7H2,1H3,(H,16,17)(H2,13,14,15,18). The Labute approximate surface area is 119 Å². The number of urea groups is 1. The van der Waals surface area contributed by atoms with E-state index in [1.165, 1.54) is 11.3 Å². The highest BCUT2D eigenvalue weighted by Crippen LogP contribution is 2.16. The van der Waals surface area contributed by atoms with Gasteiger partial charge in [0.05, 0.1) is 6.54 Å². The lowest BCUT2D eigenvalue weighted by atomic mass is 10.2. The summed E-state index contributed by atoms with van der Waals surface area (Å²) in [6.07, 6.45) is 0.879. The number of nitrogens with one attached hydrogen (secondary N) is 2. The Morgan fingerprint density at radius 1 is 1.35 bits per heavy atom. The number of imide groups is 1. The third kappa shape index (κ3) is 5.81. The number of rotatable bonds is 7. The average Bonchev–Trinajstić information content (AvgIpc) is 2.83. The molecule has 0 unspecified atom stereocenters. The Morgan fingerprint density at radius 3 is 2.75 bits per heavy atom. The van der Waals surface area contributed by atoms with E-state index in [2.05, 4.69) is 15.4 Å². The number of amides is 3. The second-order valence-corrected chi connectivity index (χ2v) is 4.84. The van der Waals surface area contributed by atoms with Crippen molar-refractivity contribution in [3.63, 3.8) is 0 Å². The normalized spacial score (nSPS) is 10.1. The van der Waals surface area contributed by atoms with Gasteiger partial charge in [0.1, 0.15) is 13.2 Å². The molecular formula is C12H16N2O5S. The van der Waals surface area contributed by atoms with Crippen LogP contribution in [-0.2, 0) is 27.3 Å². The number of carboxylic acids is 1. The molecule has 3 amide bonds. The van der Waals surface area contributed by atoms with Crippen LogP contribution in [0.1, 0.15) is 17.4 Å². The van der Waals surface area contributed by atoms with E-state index in [1.807, 2.05) is 18.4 Å². The van der Waals surface area contributed by atoms with Crippen molar-refractivity contribution in [1.82, 2.24) is 10.6 Å². The zero-order chi connectivity index (χ0) is 15.0. The molecule has 1 aromatic heterocycles. The Bertz CT molecular complexity index is 486. The zero-order valence-electron chi connectivity index (χ0n) is 11.0. The smallest absolute Gasteiger partial charge is 0.329 e. The zero-order valence-corrected chi connectivity index (χ0v) is 11.8. The summed E-state index contributed by atoms with van der Waals surface area (Å²) in [5.41, 5.74) is 1.16. The lowest BCUT2D eigenvalue weighted by Crippen LogP contribution is -2.41. The first-order valence-electron chi connectivity index (χ1n) is 5.95. The van der Waals surface area contributed by atoms with Crippen LogP contribution in [-0.4, -0.2) is 36.2 Å².